The normalized spacial score (nSPS) is 19.8. The first-order valence-corrected chi connectivity index (χ1v) is 6.60. The van der Waals surface area contributed by atoms with Gasteiger partial charge in [0.1, 0.15) is 18.0 Å². The van der Waals surface area contributed by atoms with Crippen molar-refractivity contribution >= 4 is 11.3 Å². The fourth-order valence-corrected chi connectivity index (χ4v) is 3.03. The molecule has 0 radical (unpaired) electrons. The maximum atomic E-state index is 10.3. The zero-order valence-corrected chi connectivity index (χ0v) is 10.4. The summed E-state index contributed by atoms with van der Waals surface area (Å²) in [4.78, 5) is 1.16. The first kappa shape index (κ1) is 10.8. The fourth-order valence-electron chi connectivity index (χ4n) is 2.29. The first-order valence-electron chi connectivity index (χ1n) is 5.72. The number of aryl methyl sites for hydroxylation is 1. The Morgan fingerprint density at radius 2 is 2.18 bits per heavy atom. The largest absolute Gasteiger partial charge is 0.487 e. The van der Waals surface area contributed by atoms with Crippen molar-refractivity contribution in [2.75, 3.05) is 0 Å². The summed E-state index contributed by atoms with van der Waals surface area (Å²) in [5.41, 5.74) is 2.18. The van der Waals surface area contributed by atoms with Crippen molar-refractivity contribution < 1.29 is 9.84 Å². The molecule has 2 nitrogen and oxygen atoms in total. The minimum absolute atomic E-state index is 0.152. The van der Waals surface area contributed by atoms with E-state index in [0.29, 0.717) is 0 Å². The van der Waals surface area contributed by atoms with Crippen molar-refractivity contribution in [3.05, 3.63) is 51.7 Å². The van der Waals surface area contributed by atoms with E-state index < -0.39 is 6.10 Å². The van der Waals surface area contributed by atoms with Crippen molar-refractivity contribution in [2.45, 2.75) is 25.6 Å². The Labute approximate surface area is 104 Å². The minimum atomic E-state index is -0.534. The number of para-hydroxylation sites is 1. The summed E-state index contributed by atoms with van der Waals surface area (Å²) < 4.78 is 5.80. The summed E-state index contributed by atoms with van der Waals surface area (Å²) in [7, 11) is 0. The van der Waals surface area contributed by atoms with Gasteiger partial charge in [0, 0.05) is 11.3 Å². The average molecular weight is 246 g/mol. The fraction of sp³-hybridized carbons (Fsp3) is 0.286. The van der Waals surface area contributed by atoms with Crippen LogP contribution in [0.4, 0.5) is 0 Å². The van der Waals surface area contributed by atoms with Crippen LogP contribution in [0.1, 0.15) is 22.1 Å². The number of rotatable bonds is 2. The molecule has 2 unspecified atom stereocenters. The van der Waals surface area contributed by atoms with Crippen LogP contribution in [0.3, 0.4) is 0 Å². The molecule has 0 amide bonds. The molecule has 88 valence electrons. The minimum Gasteiger partial charge on any atom is -0.487 e. The van der Waals surface area contributed by atoms with Gasteiger partial charge in [-0.15, -0.1) is 11.3 Å². The molecular weight excluding hydrogens is 232 g/mol. The van der Waals surface area contributed by atoms with Crippen LogP contribution < -0.4 is 4.74 Å². The molecule has 3 heteroatoms. The van der Waals surface area contributed by atoms with E-state index in [1.54, 1.807) is 11.3 Å². The van der Waals surface area contributed by atoms with Crippen LogP contribution in [-0.4, -0.2) is 11.2 Å². The first-order chi connectivity index (χ1) is 8.25. The lowest BCUT2D eigenvalue weighted by Crippen LogP contribution is -2.23. The predicted molar refractivity (Wildman–Crippen MR) is 68.6 cm³/mol. The number of benzene rings is 1. The van der Waals surface area contributed by atoms with Gasteiger partial charge in [0.15, 0.2) is 0 Å². The molecule has 0 saturated carbocycles. The summed E-state index contributed by atoms with van der Waals surface area (Å²) in [6.45, 7) is 2.03. The highest BCUT2D eigenvalue weighted by Crippen LogP contribution is 2.35. The molecule has 0 fully saturated rings. The van der Waals surface area contributed by atoms with Crippen LogP contribution in [0.5, 0.6) is 5.75 Å². The van der Waals surface area contributed by atoms with E-state index in [2.05, 4.69) is 6.07 Å². The molecule has 1 aliphatic heterocycles. The second-order valence-electron chi connectivity index (χ2n) is 4.35. The van der Waals surface area contributed by atoms with E-state index in [1.807, 2.05) is 36.6 Å². The SMILES string of the molecule is Cc1sccc1C(O)C1Cc2ccccc2O1. The number of thiophene rings is 1. The maximum absolute atomic E-state index is 10.3. The van der Waals surface area contributed by atoms with Gasteiger partial charge in [-0.2, -0.15) is 0 Å². The van der Waals surface area contributed by atoms with Gasteiger partial charge in [0.25, 0.3) is 0 Å². The van der Waals surface area contributed by atoms with Crippen molar-refractivity contribution in [1.29, 1.82) is 0 Å². The Morgan fingerprint density at radius 1 is 1.35 bits per heavy atom. The molecule has 17 heavy (non-hydrogen) atoms. The van der Waals surface area contributed by atoms with Crippen molar-refractivity contribution in [3.8, 4) is 5.75 Å². The Hall–Kier alpha value is -1.32. The lowest BCUT2D eigenvalue weighted by atomic mass is 10.0. The quantitative estimate of drug-likeness (QED) is 0.882. The molecule has 2 aromatic rings. The molecule has 1 aliphatic rings. The van der Waals surface area contributed by atoms with Gasteiger partial charge in [0.2, 0.25) is 0 Å². The zero-order valence-electron chi connectivity index (χ0n) is 9.59. The Bertz CT molecular complexity index is 508. The number of hydrogen-bond acceptors (Lipinski definition) is 3. The summed E-state index contributed by atoms with van der Waals surface area (Å²) in [6.07, 6.45) is 0.0986. The third-order valence-electron chi connectivity index (χ3n) is 3.24. The van der Waals surface area contributed by atoms with E-state index in [0.717, 1.165) is 22.6 Å². The third kappa shape index (κ3) is 1.85. The predicted octanol–water partition coefficient (Wildman–Crippen LogP) is 3.09. The Kier molecular flexibility index (Phi) is 2.65. The smallest absolute Gasteiger partial charge is 0.133 e. The van der Waals surface area contributed by atoms with E-state index in [9.17, 15) is 5.11 Å². The van der Waals surface area contributed by atoms with Gasteiger partial charge in [-0.25, -0.2) is 0 Å². The average Bonchev–Trinajstić information content (AvgIpc) is 2.93. The monoisotopic (exact) mass is 246 g/mol. The summed E-state index contributed by atoms with van der Waals surface area (Å²) in [5, 5.41) is 12.4. The second-order valence-corrected chi connectivity index (χ2v) is 5.47. The van der Waals surface area contributed by atoms with E-state index in [-0.39, 0.29) is 6.10 Å². The molecule has 1 aromatic carbocycles. The van der Waals surface area contributed by atoms with Crippen LogP contribution in [0, 0.1) is 6.92 Å². The van der Waals surface area contributed by atoms with Crippen LogP contribution in [0.15, 0.2) is 35.7 Å². The van der Waals surface area contributed by atoms with Gasteiger partial charge >= 0.3 is 0 Å². The van der Waals surface area contributed by atoms with Crippen molar-refractivity contribution in [1.82, 2.24) is 0 Å². The molecule has 0 saturated heterocycles. The number of hydrogen-bond donors (Lipinski definition) is 1. The highest BCUT2D eigenvalue weighted by molar-refractivity contribution is 7.10. The molecule has 3 rings (SSSR count). The molecule has 0 bridgehead atoms. The summed E-state index contributed by atoms with van der Waals surface area (Å²) in [5.74, 6) is 0.907. The number of fused-ring (bicyclic) bond motifs is 1. The lowest BCUT2D eigenvalue weighted by molar-refractivity contribution is 0.0491. The summed E-state index contributed by atoms with van der Waals surface area (Å²) >= 11 is 1.66. The Morgan fingerprint density at radius 3 is 2.88 bits per heavy atom. The van der Waals surface area contributed by atoms with Crippen LogP contribution in [-0.2, 0) is 6.42 Å². The lowest BCUT2D eigenvalue weighted by Gasteiger charge is -2.18. The highest BCUT2D eigenvalue weighted by Gasteiger charge is 2.30. The molecule has 2 heterocycles. The van der Waals surface area contributed by atoms with E-state index in [4.69, 9.17) is 4.74 Å². The molecule has 1 N–H and O–H groups in total. The summed E-state index contributed by atoms with van der Waals surface area (Å²) in [6, 6.07) is 9.97. The van der Waals surface area contributed by atoms with Gasteiger partial charge in [0.05, 0.1) is 0 Å². The maximum Gasteiger partial charge on any atom is 0.133 e. The zero-order chi connectivity index (χ0) is 11.8. The molecule has 0 spiro atoms. The molecular formula is C14H14O2S. The second kappa shape index (κ2) is 4.17. The van der Waals surface area contributed by atoms with E-state index in [1.165, 1.54) is 5.56 Å². The van der Waals surface area contributed by atoms with Gasteiger partial charge in [-0.3, -0.25) is 0 Å². The highest BCUT2D eigenvalue weighted by atomic mass is 32.1. The van der Waals surface area contributed by atoms with Gasteiger partial charge in [-0.1, -0.05) is 18.2 Å². The van der Waals surface area contributed by atoms with Crippen LogP contribution >= 0.6 is 11.3 Å². The third-order valence-corrected chi connectivity index (χ3v) is 4.10. The number of aliphatic hydroxyl groups is 1. The topological polar surface area (TPSA) is 29.5 Å². The standard InChI is InChI=1S/C14H14O2S/c1-9-11(6-7-17-9)14(15)13-8-10-4-2-3-5-12(10)16-13/h2-7,13-15H,8H2,1H3. The number of aliphatic hydroxyl groups excluding tert-OH is 1. The van der Waals surface area contributed by atoms with Crippen LogP contribution in [0.2, 0.25) is 0 Å². The Balaban J connectivity index is 1.83. The van der Waals surface area contributed by atoms with E-state index >= 15 is 0 Å². The van der Waals surface area contributed by atoms with Crippen LogP contribution in [0.25, 0.3) is 0 Å². The molecule has 0 aliphatic carbocycles. The van der Waals surface area contributed by atoms with Crippen molar-refractivity contribution in [3.63, 3.8) is 0 Å². The van der Waals surface area contributed by atoms with Gasteiger partial charge < -0.3 is 9.84 Å². The molecule has 1 aromatic heterocycles. The number of ether oxygens (including phenoxy) is 1. The van der Waals surface area contributed by atoms with Crippen molar-refractivity contribution in [2.24, 2.45) is 0 Å². The molecule has 2 atom stereocenters. The van der Waals surface area contributed by atoms with Gasteiger partial charge in [-0.05, 0) is 35.6 Å².